The van der Waals surface area contributed by atoms with E-state index >= 15 is 0 Å². The minimum Gasteiger partial charge on any atom is -0.482 e. The highest BCUT2D eigenvalue weighted by molar-refractivity contribution is 6.30. The van der Waals surface area contributed by atoms with Gasteiger partial charge < -0.3 is 14.8 Å². The number of hydrogen-bond donors (Lipinski definition) is 1. The molecule has 27 heavy (non-hydrogen) atoms. The molecular formula is C20H20ClNO5. The number of ketones is 1. The lowest BCUT2D eigenvalue weighted by Crippen LogP contribution is -2.31. The molecule has 0 heterocycles. The van der Waals surface area contributed by atoms with Crippen molar-refractivity contribution in [3.05, 3.63) is 64.7 Å². The van der Waals surface area contributed by atoms with Crippen LogP contribution in [0.15, 0.2) is 48.5 Å². The summed E-state index contributed by atoms with van der Waals surface area (Å²) >= 11 is 5.89. The van der Waals surface area contributed by atoms with Crippen molar-refractivity contribution in [1.29, 1.82) is 0 Å². The lowest BCUT2D eigenvalue weighted by atomic mass is 10.1. The van der Waals surface area contributed by atoms with Crippen LogP contribution in [0.4, 0.5) is 0 Å². The van der Waals surface area contributed by atoms with Gasteiger partial charge in [-0.2, -0.15) is 0 Å². The van der Waals surface area contributed by atoms with Crippen LogP contribution in [0.1, 0.15) is 22.8 Å². The van der Waals surface area contributed by atoms with Gasteiger partial charge in [-0.05, 0) is 55.3 Å². The van der Waals surface area contributed by atoms with Crippen LogP contribution < -0.4 is 10.1 Å². The van der Waals surface area contributed by atoms with E-state index in [9.17, 15) is 14.4 Å². The molecule has 0 unspecified atom stereocenters. The third-order valence-corrected chi connectivity index (χ3v) is 3.84. The number of halogens is 1. The minimum absolute atomic E-state index is 0.0534. The van der Waals surface area contributed by atoms with Gasteiger partial charge in [0.1, 0.15) is 5.75 Å². The first-order chi connectivity index (χ1) is 12.9. The molecule has 1 amide bonds. The molecule has 142 valence electrons. The molecular weight excluding hydrogens is 370 g/mol. The Bertz CT molecular complexity index is 804. The van der Waals surface area contributed by atoms with Crippen molar-refractivity contribution in [2.24, 2.45) is 0 Å². The monoisotopic (exact) mass is 389 g/mol. The van der Waals surface area contributed by atoms with Gasteiger partial charge in [0.25, 0.3) is 5.91 Å². The van der Waals surface area contributed by atoms with Gasteiger partial charge in [-0.15, -0.1) is 0 Å². The Kier molecular flexibility index (Phi) is 7.82. The zero-order valence-electron chi connectivity index (χ0n) is 14.9. The fourth-order valence-corrected chi connectivity index (χ4v) is 2.42. The molecule has 0 aliphatic rings. The molecule has 2 aromatic rings. The number of carbonyl (C=O) groups is 3. The zero-order chi connectivity index (χ0) is 19.6. The first-order valence-electron chi connectivity index (χ1n) is 8.34. The summed E-state index contributed by atoms with van der Waals surface area (Å²) in [6.45, 7) is 1.18. The Labute approximate surface area is 162 Å². The summed E-state index contributed by atoms with van der Waals surface area (Å²) in [4.78, 5) is 34.5. The highest BCUT2D eigenvalue weighted by atomic mass is 35.5. The molecule has 0 aliphatic carbocycles. The zero-order valence-corrected chi connectivity index (χ0v) is 15.6. The molecule has 0 radical (unpaired) electrons. The summed E-state index contributed by atoms with van der Waals surface area (Å²) < 4.78 is 10.1. The molecule has 2 rings (SSSR count). The third kappa shape index (κ3) is 7.50. The van der Waals surface area contributed by atoms with E-state index in [1.807, 2.05) is 18.2 Å². The molecule has 0 atom stereocenters. The van der Waals surface area contributed by atoms with Crippen molar-refractivity contribution >= 4 is 29.3 Å². The SMILES string of the molecule is CC(=O)c1ccc(OCC(=O)OCC(=O)NCCc2cccc(Cl)c2)cc1. The molecule has 6 nitrogen and oxygen atoms in total. The van der Waals surface area contributed by atoms with E-state index in [0.29, 0.717) is 29.3 Å². The average molecular weight is 390 g/mol. The predicted molar refractivity (Wildman–Crippen MR) is 101 cm³/mol. The molecule has 0 spiro atoms. The van der Waals surface area contributed by atoms with Gasteiger partial charge >= 0.3 is 5.97 Å². The Morgan fingerprint density at radius 1 is 1.04 bits per heavy atom. The standard InChI is InChI=1S/C20H20ClNO5/c1-14(23)16-5-7-18(8-6-16)26-13-20(25)27-12-19(24)22-10-9-15-3-2-4-17(21)11-15/h2-8,11H,9-10,12-13H2,1H3,(H,22,24). The normalized spacial score (nSPS) is 10.1. The fraction of sp³-hybridized carbons (Fsp3) is 0.250. The number of nitrogens with one attached hydrogen (secondary N) is 1. The van der Waals surface area contributed by atoms with Crippen molar-refractivity contribution in [2.45, 2.75) is 13.3 Å². The number of carbonyl (C=O) groups excluding carboxylic acids is 3. The number of amides is 1. The highest BCUT2D eigenvalue weighted by Gasteiger charge is 2.09. The topological polar surface area (TPSA) is 81.7 Å². The first kappa shape index (κ1) is 20.5. The summed E-state index contributed by atoms with van der Waals surface area (Å²) in [6.07, 6.45) is 0.625. The van der Waals surface area contributed by atoms with Gasteiger partial charge in [0, 0.05) is 17.1 Å². The summed E-state index contributed by atoms with van der Waals surface area (Å²) in [5.41, 5.74) is 1.56. The number of benzene rings is 2. The molecule has 0 aliphatic heterocycles. The highest BCUT2D eigenvalue weighted by Crippen LogP contribution is 2.12. The fourth-order valence-electron chi connectivity index (χ4n) is 2.21. The van der Waals surface area contributed by atoms with Gasteiger partial charge in [-0.25, -0.2) is 4.79 Å². The lowest BCUT2D eigenvalue weighted by molar-refractivity contribution is -0.150. The van der Waals surface area contributed by atoms with Gasteiger partial charge in [0.15, 0.2) is 19.0 Å². The Balaban J connectivity index is 1.63. The maximum absolute atomic E-state index is 11.7. The maximum atomic E-state index is 11.7. The van der Waals surface area contributed by atoms with E-state index < -0.39 is 11.9 Å². The van der Waals surface area contributed by atoms with E-state index in [-0.39, 0.29) is 19.0 Å². The van der Waals surface area contributed by atoms with Crippen molar-refractivity contribution in [3.63, 3.8) is 0 Å². The van der Waals surface area contributed by atoms with Crippen molar-refractivity contribution in [1.82, 2.24) is 5.32 Å². The van der Waals surface area contributed by atoms with Crippen LogP contribution in [0.2, 0.25) is 5.02 Å². The van der Waals surface area contributed by atoms with Crippen LogP contribution in [0.25, 0.3) is 0 Å². The van der Waals surface area contributed by atoms with Crippen LogP contribution in [0.3, 0.4) is 0 Å². The van der Waals surface area contributed by atoms with Gasteiger partial charge in [-0.1, -0.05) is 23.7 Å². The number of esters is 1. The molecule has 2 aromatic carbocycles. The van der Waals surface area contributed by atoms with E-state index in [1.165, 1.54) is 6.92 Å². The van der Waals surface area contributed by atoms with Gasteiger partial charge in [0.05, 0.1) is 0 Å². The smallest absolute Gasteiger partial charge is 0.344 e. The minimum atomic E-state index is -0.657. The van der Waals surface area contributed by atoms with Crippen molar-refractivity contribution in [3.8, 4) is 5.75 Å². The van der Waals surface area contributed by atoms with Gasteiger partial charge in [0.2, 0.25) is 0 Å². The van der Waals surface area contributed by atoms with Crippen LogP contribution in [0.5, 0.6) is 5.75 Å². The average Bonchev–Trinajstić information content (AvgIpc) is 2.65. The van der Waals surface area contributed by atoms with E-state index in [2.05, 4.69) is 5.32 Å². The van der Waals surface area contributed by atoms with Crippen LogP contribution >= 0.6 is 11.6 Å². The molecule has 0 saturated heterocycles. The molecule has 0 bridgehead atoms. The largest absolute Gasteiger partial charge is 0.482 e. The Morgan fingerprint density at radius 3 is 2.44 bits per heavy atom. The molecule has 0 saturated carbocycles. The molecule has 0 aromatic heterocycles. The van der Waals surface area contributed by atoms with Crippen molar-refractivity contribution in [2.75, 3.05) is 19.8 Å². The van der Waals surface area contributed by atoms with Crippen LogP contribution in [-0.4, -0.2) is 37.4 Å². The first-order valence-corrected chi connectivity index (χ1v) is 8.72. The van der Waals surface area contributed by atoms with E-state index in [4.69, 9.17) is 21.1 Å². The second-order valence-electron chi connectivity index (χ2n) is 5.76. The van der Waals surface area contributed by atoms with Crippen molar-refractivity contribution < 1.29 is 23.9 Å². The summed E-state index contributed by atoms with van der Waals surface area (Å²) in [5.74, 6) is -0.669. The molecule has 0 fully saturated rings. The number of ether oxygens (including phenoxy) is 2. The maximum Gasteiger partial charge on any atom is 0.344 e. The second-order valence-corrected chi connectivity index (χ2v) is 6.20. The quantitative estimate of drug-likeness (QED) is 0.526. The molecule has 7 heteroatoms. The van der Waals surface area contributed by atoms with Crippen LogP contribution in [0, 0.1) is 0 Å². The summed E-state index contributed by atoms with van der Waals surface area (Å²) in [7, 11) is 0. The summed E-state index contributed by atoms with van der Waals surface area (Å²) in [5, 5.41) is 3.31. The van der Waals surface area contributed by atoms with Crippen LogP contribution in [-0.2, 0) is 20.7 Å². The Morgan fingerprint density at radius 2 is 1.78 bits per heavy atom. The summed E-state index contributed by atoms with van der Waals surface area (Å²) in [6, 6.07) is 13.8. The van der Waals surface area contributed by atoms with E-state index in [1.54, 1.807) is 30.3 Å². The number of hydrogen-bond acceptors (Lipinski definition) is 5. The predicted octanol–water partition coefficient (Wildman–Crippen LogP) is 2.82. The third-order valence-electron chi connectivity index (χ3n) is 3.61. The lowest BCUT2D eigenvalue weighted by Gasteiger charge is -2.08. The van der Waals surface area contributed by atoms with Gasteiger partial charge in [-0.3, -0.25) is 9.59 Å². The van der Waals surface area contributed by atoms with E-state index in [0.717, 1.165) is 5.56 Å². The molecule has 1 N–H and O–H groups in total. The second kappa shape index (κ2) is 10.3. The Hall–Kier alpha value is -2.86. The number of rotatable bonds is 9. The number of Topliss-reactive ketones (excluding diaryl/α,β-unsaturated/α-hetero) is 1.